The maximum Gasteiger partial charge on any atom is 0.242 e. The van der Waals surface area contributed by atoms with Crippen LogP contribution in [0.1, 0.15) is 18.5 Å². The number of rotatable bonds is 5. The van der Waals surface area contributed by atoms with Crippen molar-refractivity contribution in [3.8, 4) is 0 Å². The van der Waals surface area contributed by atoms with Crippen LogP contribution in [0.2, 0.25) is 0 Å². The molecule has 1 saturated heterocycles. The van der Waals surface area contributed by atoms with E-state index >= 15 is 0 Å². The van der Waals surface area contributed by atoms with Gasteiger partial charge in [0.2, 0.25) is 5.91 Å². The summed E-state index contributed by atoms with van der Waals surface area (Å²) in [5, 5.41) is 6.98. The first-order chi connectivity index (χ1) is 12.0. The maximum atomic E-state index is 13.8. The molecule has 2 heterocycles. The molecule has 1 amide bonds. The molecule has 3 rings (SSSR count). The molecular weight excluding hydrogens is 321 g/mol. The number of benzene rings is 1. The Morgan fingerprint density at radius 3 is 2.76 bits per heavy atom. The average molecular weight is 345 g/mol. The van der Waals surface area contributed by atoms with Gasteiger partial charge >= 0.3 is 0 Å². The van der Waals surface area contributed by atoms with E-state index in [4.69, 9.17) is 0 Å². The number of nitrogens with one attached hydrogen (secondary N) is 1. The fourth-order valence-corrected chi connectivity index (χ4v) is 3.11. The summed E-state index contributed by atoms with van der Waals surface area (Å²) in [6.07, 6.45) is 3.37. The zero-order valence-electron chi connectivity index (χ0n) is 14.7. The minimum Gasteiger partial charge on any atom is -0.369 e. The minimum atomic E-state index is -0.291. The number of carbonyl (C=O) groups is 1. The number of likely N-dealkylation sites (N-methyl/N-ethyl adjacent to an activating group) is 1. The molecule has 0 spiro atoms. The summed E-state index contributed by atoms with van der Waals surface area (Å²) in [5.74, 6) is -0.439. The van der Waals surface area contributed by atoms with E-state index in [1.807, 2.05) is 13.0 Å². The monoisotopic (exact) mass is 345 g/mol. The first-order valence-electron chi connectivity index (χ1n) is 8.52. The van der Waals surface area contributed by atoms with E-state index in [0.29, 0.717) is 0 Å². The van der Waals surface area contributed by atoms with Crippen LogP contribution in [0, 0.1) is 5.82 Å². The molecule has 0 bridgehead atoms. The molecule has 1 N–H and O–H groups in total. The standard InChI is InChI=1S/C18H24FN5O/c1-14(21-18(25)13-24-7-3-6-20-24)16-12-15(19)4-5-17(16)23-10-8-22(2)9-11-23/h3-7,12,14H,8-11,13H2,1-2H3,(H,21,25)/t14-/m0/s1. The second kappa shape index (κ2) is 7.65. The molecule has 1 fully saturated rings. The predicted molar refractivity (Wildman–Crippen MR) is 94.9 cm³/mol. The summed E-state index contributed by atoms with van der Waals surface area (Å²) in [4.78, 5) is 16.8. The van der Waals surface area contributed by atoms with Crippen molar-refractivity contribution in [1.29, 1.82) is 0 Å². The van der Waals surface area contributed by atoms with Crippen LogP contribution in [-0.4, -0.2) is 53.8 Å². The van der Waals surface area contributed by atoms with Gasteiger partial charge in [-0.15, -0.1) is 0 Å². The van der Waals surface area contributed by atoms with Crippen molar-refractivity contribution < 1.29 is 9.18 Å². The fraction of sp³-hybridized carbons (Fsp3) is 0.444. The molecule has 134 valence electrons. The summed E-state index contributed by atoms with van der Waals surface area (Å²) in [6.45, 7) is 5.76. The number of hydrogen-bond acceptors (Lipinski definition) is 4. The van der Waals surface area contributed by atoms with Gasteiger partial charge in [-0.2, -0.15) is 5.10 Å². The van der Waals surface area contributed by atoms with Gasteiger partial charge in [-0.05, 0) is 38.2 Å². The van der Waals surface area contributed by atoms with Gasteiger partial charge in [-0.1, -0.05) is 0 Å². The number of halogens is 1. The van der Waals surface area contributed by atoms with Crippen LogP contribution >= 0.6 is 0 Å². The second-order valence-electron chi connectivity index (χ2n) is 6.49. The zero-order valence-corrected chi connectivity index (χ0v) is 14.7. The first-order valence-corrected chi connectivity index (χ1v) is 8.52. The molecular formula is C18H24FN5O. The van der Waals surface area contributed by atoms with Crippen LogP contribution in [0.25, 0.3) is 0 Å². The Morgan fingerprint density at radius 1 is 1.32 bits per heavy atom. The molecule has 1 aliphatic heterocycles. The Labute approximate surface area is 147 Å². The highest BCUT2D eigenvalue weighted by atomic mass is 19.1. The molecule has 0 saturated carbocycles. The SMILES string of the molecule is C[C@H](NC(=O)Cn1cccn1)c1cc(F)ccc1N1CCN(C)CC1. The van der Waals surface area contributed by atoms with Gasteiger partial charge in [-0.3, -0.25) is 9.48 Å². The van der Waals surface area contributed by atoms with Crippen molar-refractivity contribution in [3.63, 3.8) is 0 Å². The summed E-state index contributed by atoms with van der Waals surface area (Å²) >= 11 is 0. The van der Waals surface area contributed by atoms with Crippen molar-refractivity contribution in [2.75, 3.05) is 38.1 Å². The molecule has 7 heteroatoms. The molecule has 2 aromatic rings. The summed E-state index contributed by atoms with van der Waals surface area (Å²) in [7, 11) is 2.10. The Kier molecular flexibility index (Phi) is 5.33. The number of nitrogens with zero attached hydrogens (tertiary/aromatic N) is 4. The van der Waals surface area contributed by atoms with E-state index in [9.17, 15) is 9.18 Å². The maximum absolute atomic E-state index is 13.8. The van der Waals surface area contributed by atoms with Crippen molar-refractivity contribution in [2.24, 2.45) is 0 Å². The smallest absolute Gasteiger partial charge is 0.242 e. The van der Waals surface area contributed by atoms with Gasteiger partial charge in [0.15, 0.2) is 0 Å². The van der Waals surface area contributed by atoms with Gasteiger partial charge < -0.3 is 15.1 Å². The van der Waals surface area contributed by atoms with Gasteiger partial charge in [0.25, 0.3) is 0 Å². The molecule has 1 aromatic carbocycles. The van der Waals surface area contributed by atoms with E-state index < -0.39 is 0 Å². The number of piperazine rings is 1. The number of anilines is 1. The topological polar surface area (TPSA) is 53.4 Å². The van der Waals surface area contributed by atoms with E-state index in [-0.39, 0.29) is 24.3 Å². The molecule has 1 aromatic heterocycles. The molecule has 0 unspecified atom stereocenters. The van der Waals surface area contributed by atoms with Gasteiger partial charge in [0.1, 0.15) is 12.4 Å². The van der Waals surface area contributed by atoms with Crippen molar-refractivity contribution >= 4 is 11.6 Å². The molecule has 25 heavy (non-hydrogen) atoms. The van der Waals surface area contributed by atoms with Crippen molar-refractivity contribution in [2.45, 2.75) is 19.5 Å². The number of amides is 1. The molecule has 6 nitrogen and oxygen atoms in total. The van der Waals surface area contributed by atoms with E-state index in [1.54, 1.807) is 23.1 Å². The van der Waals surface area contributed by atoms with Gasteiger partial charge in [-0.25, -0.2) is 4.39 Å². The largest absolute Gasteiger partial charge is 0.369 e. The highest BCUT2D eigenvalue weighted by Crippen LogP contribution is 2.28. The number of aromatic nitrogens is 2. The van der Waals surface area contributed by atoms with Crippen LogP contribution in [-0.2, 0) is 11.3 Å². The quantitative estimate of drug-likeness (QED) is 0.895. The summed E-state index contributed by atoms with van der Waals surface area (Å²) < 4.78 is 15.4. The lowest BCUT2D eigenvalue weighted by molar-refractivity contribution is -0.122. The third-order valence-corrected chi connectivity index (χ3v) is 4.54. The van der Waals surface area contributed by atoms with Crippen molar-refractivity contribution in [1.82, 2.24) is 20.0 Å². The Bertz CT molecular complexity index is 710. The minimum absolute atomic E-state index is 0.148. The zero-order chi connectivity index (χ0) is 17.8. The number of hydrogen-bond donors (Lipinski definition) is 1. The molecule has 0 aliphatic carbocycles. The normalized spacial score (nSPS) is 16.7. The van der Waals surface area contributed by atoms with Crippen LogP contribution in [0.4, 0.5) is 10.1 Å². The van der Waals surface area contributed by atoms with Gasteiger partial charge in [0, 0.05) is 49.8 Å². The number of carbonyl (C=O) groups excluding carboxylic acids is 1. The van der Waals surface area contributed by atoms with Crippen LogP contribution < -0.4 is 10.2 Å². The predicted octanol–water partition coefficient (Wildman–Crippen LogP) is 1.65. The second-order valence-corrected chi connectivity index (χ2v) is 6.49. The Hall–Kier alpha value is -2.41. The Morgan fingerprint density at radius 2 is 2.08 bits per heavy atom. The Balaban J connectivity index is 1.73. The lowest BCUT2D eigenvalue weighted by atomic mass is 10.0. The van der Waals surface area contributed by atoms with Crippen LogP contribution in [0.5, 0.6) is 0 Å². The van der Waals surface area contributed by atoms with Crippen molar-refractivity contribution in [3.05, 3.63) is 48.0 Å². The third-order valence-electron chi connectivity index (χ3n) is 4.54. The van der Waals surface area contributed by atoms with E-state index in [1.165, 1.54) is 12.1 Å². The summed E-state index contributed by atoms with van der Waals surface area (Å²) in [5.41, 5.74) is 1.79. The lowest BCUT2D eigenvalue weighted by Crippen LogP contribution is -2.45. The molecule has 1 atom stereocenters. The average Bonchev–Trinajstić information content (AvgIpc) is 3.08. The lowest BCUT2D eigenvalue weighted by Gasteiger charge is -2.36. The van der Waals surface area contributed by atoms with E-state index in [2.05, 4.69) is 27.3 Å². The highest BCUT2D eigenvalue weighted by Gasteiger charge is 2.21. The fourth-order valence-electron chi connectivity index (χ4n) is 3.11. The first kappa shape index (κ1) is 17.4. The third kappa shape index (κ3) is 4.36. The van der Waals surface area contributed by atoms with Gasteiger partial charge in [0.05, 0.1) is 6.04 Å². The van der Waals surface area contributed by atoms with E-state index in [0.717, 1.165) is 37.4 Å². The van der Waals surface area contributed by atoms with Crippen LogP contribution in [0.15, 0.2) is 36.7 Å². The summed E-state index contributed by atoms with van der Waals surface area (Å²) in [6, 6.07) is 6.30. The van der Waals surface area contributed by atoms with Crippen LogP contribution in [0.3, 0.4) is 0 Å². The molecule has 1 aliphatic rings. The highest BCUT2D eigenvalue weighted by molar-refractivity contribution is 5.76. The molecule has 0 radical (unpaired) electrons.